The molecule has 28 heavy (non-hydrogen) atoms. The maximum absolute atomic E-state index is 6.35. The van der Waals surface area contributed by atoms with E-state index in [0.29, 0.717) is 42.2 Å². The third kappa shape index (κ3) is 4.04. The number of guanidine groups is 1. The fraction of sp³-hybridized carbons (Fsp3) is 0.500. The smallest absolute Gasteiger partial charge is 0.194 e. The Morgan fingerprint density at radius 1 is 1.36 bits per heavy atom. The van der Waals surface area contributed by atoms with Gasteiger partial charge in [-0.15, -0.1) is 0 Å². The van der Waals surface area contributed by atoms with E-state index in [-0.39, 0.29) is 0 Å². The first-order valence-corrected chi connectivity index (χ1v) is 10.1. The molecule has 0 amide bonds. The molecule has 4 rings (SSSR count). The van der Waals surface area contributed by atoms with Crippen molar-refractivity contribution in [3.05, 3.63) is 40.7 Å². The van der Waals surface area contributed by atoms with Gasteiger partial charge in [0.2, 0.25) is 0 Å². The highest BCUT2D eigenvalue weighted by molar-refractivity contribution is 6.32. The molecule has 0 saturated carbocycles. The van der Waals surface area contributed by atoms with Crippen molar-refractivity contribution in [3.63, 3.8) is 0 Å². The summed E-state index contributed by atoms with van der Waals surface area (Å²) in [5.74, 6) is 2.75. The van der Waals surface area contributed by atoms with Gasteiger partial charge >= 0.3 is 0 Å². The fourth-order valence-corrected chi connectivity index (χ4v) is 4.01. The summed E-state index contributed by atoms with van der Waals surface area (Å²) in [7, 11) is 1.96. The summed E-state index contributed by atoms with van der Waals surface area (Å²) < 4.78 is 13.1. The van der Waals surface area contributed by atoms with E-state index in [9.17, 15) is 0 Å². The van der Waals surface area contributed by atoms with Gasteiger partial charge in [0, 0.05) is 38.8 Å². The summed E-state index contributed by atoms with van der Waals surface area (Å²) in [5, 5.41) is 8.29. The molecule has 3 heterocycles. The lowest BCUT2D eigenvalue weighted by molar-refractivity contribution is 0.171. The zero-order valence-corrected chi connectivity index (χ0v) is 17.1. The molecule has 8 heteroatoms. The van der Waals surface area contributed by atoms with Crippen LogP contribution in [0.2, 0.25) is 5.02 Å². The second kappa shape index (κ2) is 8.31. The Morgan fingerprint density at radius 3 is 3.00 bits per heavy atom. The van der Waals surface area contributed by atoms with Crippen LogP contribution in [0.4, 0.5) is 0 Å². The number of halogens is 1. The fourth-order valence-electron chi connectivity index (χ4n) is 3.72. The Morgan fingerprint density at radius 2 is 2.21 bits per heavy atom. The van der Waals surface area contributed by atoms with Crippen molar-refractivity contribution in [3.8, 4) is 11.5 Å². The first-order chi connectivity index (χ1) is 13.6. The van der Waals surface area contributed by atoms with Crippen LogP contribution in [0.5, 0.6) is 11.5 Å². The van der Waals surface area contributed by atoms with Crippen LogP contribution < -0.4 is 14.8 Å². The Balaban J connectivity index is 1.47. The van der Waals surface area contributed by atoms with Crippen molar-refractivity contribution in [2.24, 2.45) is 12.0 Å². The topological polar surface area (TPSA) is 63.9 Å². The number of aryl methyl sites for hydroxylation is 1. The van der Waals surface area contributed by atoms with Gasteiger partial charge < -0.3 is 19.7 Å². The van der Waals surface area contributed by atoms with Gasteiger partial charge in [-0.25, -0.2) is 4.99 Å². The van der Waals surface area contributed by atoms with Crippen molar-refractivity contribution in [1.29, 1.82) is 0 Å². The Labute approximate surface area is 170 Å². The van der Waals surface area contributed by atoms with E-state index in [1.807, 2.05) is 30.1 Å². The first kappa shape index (κ1) is 18.9. The lowest BCUT2D eigenvalue weighted by atomic mass is 10.0. The summed E-state index contributed by atoms with van der Waals surface area (Å²) in [5.41, 5.74) is 2.30. The highest BCUT2D eigenvalue weighted by atomic mass is 35.5. The number of fused-ring (bicyclic) bond motifs is 1. The largest absolute Gasteiger partial charge is 0.486 e. The third-order valence-electron chi connectivity index (χ3n) is 5.09. The SMILES string of the molecule is CCNC(=NCc1cc(Cl)c2c(c1)OCCO2)N1CCC(c2cnn(C)c2)C1. The van der Waals surface area contributed by atoms with Crippen LogP contribution in [0.3, 0.4) is 0 Å². The van der Waals surface area contributed by atoms with E-state index >= 15 is 0 Å². The molecule has 1 aromatic heterocycles. The minimum absolute atomic E-state index is 0.487. The van der Waals surface area contributed by atoms with Crippen molar-refractivity contribution in [2.45, 2.75) is 25.8 Å². The Kier molecular flexibility index (Phi) is 5.62. The molecule has 0 bridgehead atoms. The van der Waals surface area contributed by atoms with Gasteiger partial charge in [0.25, 0.3) is 0 Å². The number of nitrogens with zero attached hydrogens (tertiary/aromatic N) is 4. The molecular weight excluding hydrogens is 378 g/mol. The number of ether oxygens (including phenoxy) is 2. The average Bonchev–Trinajstić information content (AvgIpc) is 3.34. The number of hydrogen-bond donors (Lipinski definition) is 1. The molecular formula is C20H26ClN5O2. The van der Waals surface area contributed by atoms with Crippen LogP contribution in [0.1, 0.15) is 30.4 Å². The van der Waals surface area contributed by atoms with Crippen molar-refractivity contribution in [2.75, 3.05) is 32.8 Å². The number of hydrogen-bond acceptors (Lipinski definition) is 4. The van der Waals surface area contributed by atoms with Crippen LogP contribution in [0, 0.1) is 0 Å². The Hall–Kier alpha value is -2.41. The molecule has 0 aliphatic carbocycles. The number of aliphatic imine (C=N–C) groups is 1. The van der Waals surface area contributed by atoms with E-state index in [1.54, 1.807) is 0 Å². The predicted octanol–water partition coefficient (Wildman–Crippen LogP) is 2.80. The highest BCUT2D eigenvalue weighted by Crippen LogP contribution is 2.38. The number of aromatic nitrogens is 2. The predicted molar refractivity (Wildman–Crippen MR) is 109 cm³/mol. The highest BCUT2D eigenvalue weighted by Gasteiger charge is 2.27. The molecule has 2 aliphatic heterocycles. The second-order valence-electron chi connectivity index (χ2n) is 7.15. The standard InChI is InChI=1S/C20H26ClN5O2/c1-3-22-20(26-5-4-15(13-26)16-11-24-25(2)12-16)23-10-14-8-17(21)19-18(9-14)27-6-7-28-19/h8-9,11-12,15H,3-7,10,13H2,1-2H3,(H,22,23). The molecule has 1 atom stereocenters. The molecule has 0 radical (unpaired) electrons. The minimum atomic E-state index is 0.487. The molecule has 1 saturated heterocycles. The zero-order valence-electron chi connectivity index (χ0n) is 16.3. The molecule has 2 aliphatic rings. The van der Waals surface area contributed by atoms with Gasteiger partial charge in [-0.05, 0) is 36.6 Å². The summed E-state index contributed by atoms with van der Waals surface area (Å²) in [6, 6.07) is 3.88. The van der Waals surface area contributed by atoms with Crippen molar-refractivity contribution >= 4 is 17.6 Å². The summed E-state index contributed by atoms with van der Waals surface area (Å²) in [6.45, 7) is 6.45. The molecule has 1 fully saturated rings. The maximum Gasteiger partial charge on any atom is 0.194 e. The normalized spacial score (nSPS) is 19.2. The van der Waals surface area contributed by atoms with Gasteiger partial charge in [-0.3, -0.25) is 4.68 Å². The molecule has 0 spiro atoms. The van der Waals surface area contributed by atoms with Crippen LogP contribution in [-0.2, 0) is 13.6 Å². The molecule has 2 aromatic rings. The van der Waals surface area contributed by atoms with Gasteiger partial charge in [0.05, 0.1) is 17.8 Å². The monoisotopic (exact) mass is 403 g/mol. The third-order valence-corrected chi connectivity index (χ3v) is 5.37. The van der Waals surface area contributed by atoms with Crippen LogP contribution in [0.25, 0.3) is 0 Å². The summed E-state index contributed by atoms with van der Waals surface area (Å²) in [4.78, 5) is 7.16. The first-order valence-electron chi connectivity index (χ1n) is 9.74. The quantitative estimate of drug-likeness (QED) is 0.628. The summed E-state index contributed by atoms with van der Waals surface area (Å²) >= 11 is 6.35. The number of benzene rings is 1. The molecule has 150 valence electrons. The van der Waals surface area contributed by atoms with E-state index < -0.39 is 0 Å². The lowest BCUT2D eigenvalue weighted by Crippen LogP contribution is -2.40. The van der Waals surface area contributed by atoms with E-state index in [1.165, 1.54) is 5.56 Å². The van der Waals surface area contributed by atoms with Crippen LogP contribution >= 0.6 is 11.6 Å². The molecule has 1 aromatic carbocycles. The summed E-state index contributed by atoms with van der Waals surface area (Å²) in [6.07, 6.45) is 5.18. The Bertz CT molecular complexity index is 866. The van der Waals surface area contributed by atoms with Crippen LogP contribution in [-0.4, -0.2) is 53.5 Å². The minimum Gasteiger partial charge on any atom is -0.486 e. The van der Waals surface area contributed by atoms with Crippen LogP contribution in [0.15, 0.2) is 29.5 Å². The second-order valence-corrected chi connectivity index (χ2v) is 7.56. The molecule has 1 N–H and O–H groups in total. The number of likely N-dealkylation sites (tertiary alicyclic amines) is 1. The number of nitrogens with one attached hydrogen (secondary N) is 1. The van der Waals surface area contributed by atoms with Crippen molar-refractivity contribution in [1.82, 2.24) is 20.0 Å². The lowest BCUT2D eigenvalue weighted by Gasteiger charge is -2.22. The number of rotatable bonds is 4. The molecule has 1 unspecified atom stereocenters. The average molecular weight is 404 g/mol. The van der Waals surface area contributed by atoms with E-state index in [2.05, 4.69) is 28.4 Å². The van der Waals surface area contributed by atoms with Gasteiger partial charge in [0.15, 0.2) is 17.5 Å². The van der Waals surface area contributed by atoms with Gasteiger partial charge in [-0.2, -0.15) is 5.10 Å². The van der Waals surface area contributed by atoms with Gasteiger partial charge in [0.1, 0.15) is 13.2 Å². The maximum atomic E-state index is 6.35. The van der Waals surface area contributed by atoms with E-state index in [0.717, 1.165) is 37.6 Å². The van der Waals surface area contributed by atoms with Gasteiger partial charge in [-0.1, -0.05) is 11.6 Å². The molecule has 7 nitrogen and oxygen atoms in total. The zero-order chi connectivity index (χ0) is 19.5. The van der Waals surface area contributed by atoms with Crippen molar-refractivity contribution < 1.29 is 9.47 Å². The van der Waals surface area contributed by atoms with E-state index in [4.69, 9.17) is 26.1 Å².